The summed E-state index contributed by atoms with van der Waals surface area (Å²) in [5, 5.41) is 27.7. The Morgan fingerprint density at radius 2 is 1.69 bits per heavy atom. The second-order valence-electron chi connectivity index (χ2n) is 11.1. The van der Waals surface area contributed by atoms with Gasteiger partial charge in [0.2, 0.25) is 11.8 Å². The number of hydrogen-bond acceptors (Lipinski definition) is 13. The maximum absolute atomic E-state index is 13.5. The van der Waals surface area contributed by atoms with E-state index in [-0.39, 0.29) is 70.4 Å². The van der Waals surface area contributed by atoms with Crippen LogP contribution in [0.2, 0.25) is 0 Å². The van der Waals surface area contributed by atoms with Gasteiger partial charge >= 0.3 is 18.1 Å². The van der Waals surface area contributed by atoms with Crippen LogP contribution in [-0.2, 0) is 33.5 Å². The Labute approximate surface area is 281 Å². The number of likely N-dealkylation sites (tertiary alicyclic amines) is 1. The van der Waals surface area contributed by atoms with E-state index in [0.29, 0.717) is 5.69 Å². The van der Waals surface area contributed by atoms with Crippen molar-refractivity contribution in [3.8, 4) is 11.6 Å². The quantitative estimate of drug-likeness (QED) is 0.222. The fraction of sp³-hybridized carbons (Fsp3) is 0.516. The van der Waals surface area contributed by atoms with Crippen molar-refractivity contribution < 1.29 is 58.0 Å². The van der Waals surface area contributed by atoms with E-state index < -0.39 is 67.0 Å². The van der Waals surface area contributed by atoms with E-state index in [0.717, 1.165) is 0 Å². The van der Waals surface area contributed by atoms with Gasteiger partial charge in [-0.05, 0) is 32.4 Å². The Bertz CT molecular complexity index is 1490. The number of ether oxygens (including phenoxy) is 3. The van der Waals surface area contributed by atoms with Gasteiger partial charge in [0.25, 0.3) is 11.8 Å². The molecule has 3 amide bonds. The van der Waals surface area contributed by atoms with Crippen molar-refractivity contribution in [1.82, 2.24) is 30.0 Å². The number of carbonyl (C=O) groups is 6. The zero-order valence-corrected chi connectivity index (χ0v) is 27.2. The van der Waals surface area contributed by atoms with Gasteiger partial charge in [0.1, 0.15) is 12.1 Å². The van der Waals surface area contributed by atoms with Crippen LogP contribution in [0.4, 0.5) is 4.79 Å². The number of nitrogens with one attached hydrogen (secondary N) is 1. The maximum Gasteiger partial charge on any atom is 0.527 e. The number of benzene rings is 1. The maximum atomic E-state index is 13.5. The molecule has 18 nitrogen and oxygen atoms in total. The number of aliphatic hydroxyl groups excluding tert-OH is 1. The first-order chi connectivity index (χ1) is 23.5. The number of carboxylic acids is 1. The molecule has 18 heteroatoms. The number of rotatable bonds is 14. The molecular formula is C31H40N6O12. The van der Waals surface area contributed by atoms with Crippen molar-refractivity contribution in [3.63, 3.8) is 0 Å². The number of aromatic nitrogens is 2. The molecule has 4 rings (SSSR count). The van der Waals surface area contributed by atoms with Crippen LogP contribution in [0.15, 0.2) is 36.4 Å². The molecule has 0 radical (unpaired) electrons. The summed E-state index contributed by atoms with van der Waals surface area (Å²) in [5.74, 6) is -3.75. The van der Waals surface area contributed by atoms with Crippen LogP contribution < -0.4 is 10.1 Å². The van der Waals surface area contributed by atoms with Gasteiger partial charge in [0, 0.05) is 38.5 Å². The molecule has 1 aromatic heterocycles. The molecule has 0 unspecified atom stereocenters. The van der Waals surface area contributed by atoms with Crippen molar-refractivity contribution in [2.75, 3.05) is 52.5 Å². The van der Waals surface area contributed by atoms with Gasteiger partial charge in [-0.1, -0.05) is 18.2 Å². The lowest BCUT2D eigenvalue weighted by Crippen LogP contribution is -2.55. The summed E-state index contributed by atoms with van der Waals surface area (Å²) in [6.07, 6.45) is -2.38. The predicted octanol–water partition coefficient (Wildman–Crippen LogP) is -0.0285. The topological polar surface area (TPSA) is 219 Å². The number of aliphatic hydroxyl groups is 1. The van der Waals surface area contributed by atoms with Crippen LogP contribution in [0.5, 0.6) is 5.88 Å². The predicted molar refractivity (Wildman–Crippen MR) is 166 cm³/mol. The third-order valence-electron chi connectivity index (χ3n) is 7.68. The first-order valence-corrected chi connectivity index (χ1v) is 15.8. The summed E-state index contributed by atoms with van der Waals surface area (Å²) in [4.78, 5) is 83.2. The largest absolute Gasteiger partial charge is 0.527 e. The molecule has 2 aliphatic rings. The molecule has 0 saturated carbocycles. The Morgan fingerprint density at radius 1 is 1.00 bits per heavy atom. The minimum atomic E-state index is -1.23. The summed E-state index contributed by atoms with van der Waals surface area (Å²) in [6.45, 7) is 3.47. The number of para-hydroxylation sites is 1. The van der Waals surface area contributed by atoms with Gasteiger partial charge in [-0.25, -0.2) is 14.3 Å². The molecule has 3 atom stereocenters. The molecule has 0 aliphatic carbocycles. The van der Waals surface area contributed by atoms with Crippen molar-refractivity contribution in [2.45, 2.75) is 51.3 Å². The summed E-state index contributed by atoms with van der Waals surface area (Å²) >= 11 is 0. The Balaban J connectivity index is 1.48. The monoisotopic (exact) mass is 688 g/mol. The molecule has 49 heavy (non-hydrogen) atoms. The van der Waals surface area contributed by atoms with Gasteiger partial charge in [-0.3, -0.25) is 19.2 Å². The molecule has 0 bridgehead atoms. The minimum Gasteiger partial charge on any atom is -0.481 e. The van der Waals surface area contributed by atoms with Crippen LogP contribution in [-0.4, -0.2) is 141 Å². The molecule has 1 aromatic carbocycles. The number of nitrogens with zero attached hydrogens (tertiary/aromatic N) is 5. The molecular weight excluding hydrogens is 648 g/mol. The van der Waals surface area contributed by atoms with E-state index in [4.69, 9.17) is 19.0 Å². The average Bonchev–Trinajstić information content (AvgIpc) is 3.70. The number of carbonyl (C=O) groups excluding carboxylic acids is 5. The summed E-state index contributed by atoms with van der Waals surface area (Å²) in [7, 11) is 0. The highest BCUT2D eigenvalue weighted by Gasteiger charge is 2.40. The van der Waals surface area contributed by atoms with E-state index in [1.807, 2.05) is 0 Å². The summed E-state index contributed by atoms with van der Waals surface area (Å²) < 4.78 is 16.9. The molecule has 2 fully saturated rings. The van der Waals surface area contributed by atoms with E-state index in [2.05, 4.69) is 10.4 Å². The number of hydrogen-bond donors (Lipinski definition) is 3. The smallest absolute Gasteiger partial charge is 0.481 e. The Hall–Kier alpha value is -5.23. The third kappa shape index (κ3) is 9.89. The highest BCUT2D eigenvalue weighted by molar-refractivity contribution is 5.96. The number of carboxylic acid groups (broad SMARTS) is 1. The molecule has 0 spiro atoms. The fourth-order valence-electron chi connectivity index (χ4n) is 5.33. The lowest BCUT2D eigenvalue weighted by atomic mass is 10.1. The van der Waals surface area contributed by atoms with Gasteiger partial charge in [-0.15, -0.1) is 5.06 Å². The second-order valence-corrected chi connectivity index (χ2v) is 11.1. The van der Waals surface area contributed by atoms with Gasteiger partial charge < -0.3 is 44.4 Å². The van der Waals surface area contributed by atoms with E-state index in [1.165, 1.54) is 25.6 Å². The normalized spacial score (nSPS) is 18.3. The van der Waals surface area contributed by atoms with Gasteiger partial charge in [-0.2, -0.15) is 5.10 Å². The van der Waals surface area contributed by atoms with Crippen molar-refractivity contribution in [3.05, 3.63) is 42.1 Å². The van der Waals surface area contributed by atoms with Crippen LogP contribution in [0.25, 0.3) is 5.69 Å². The van der Waals surface area contributed by atoms with Crippen LogP contribution in [0.3, 0.4) is 0 Å². The minimum absolute atomic E-state index is 0.0109. The van der Waals surface area contributed by atoms with Crippen molar-refractivity contribution in [2.24, 2.45) is 0 Å². The van der Waals surface area contributed by atoms with E-state index >= 15 is 0 Å². The summed E-state index contributed by atoms with van der Waals surface area (Å²) in [6, 6.07) is 7.64. The second kappa shape index (κ2) is 17.3. The molecule has 3 heterocycles. The zero-order valence-electron chi connectivity index (χ0n) is 27.2. The SMILES string of the molecule is CCOC(=O)ON1CCN(C(=O)[C@H](CCC(=O)O)NC(=O)c2cc(OCC(=O)N3C[C@H](O)C[C@H]3C(=O)OCC)n(-c3ccccc3)n2)CC1. The number of esters is 1. The third-order valence-corrected chi connectivity index (χ3v) is 7.68. The van der Waals surface area contributed by atoms with Gasteiger partial charge in [0.05, 0.1) is 38.1 Å². The number of piperazine rings is 1. The van der Waals surface area contributed by atoms with Crippen molar-refractivity contribution >= 4 is 35.8 Å². The Kier molecular flexibility index (Phi) is 12.9. The number of amides is 3. The average molecular weight is 689 g/mol. The Morgan fingerprint density at radius 3 is 2.35 bits per heavy atom. The lowest BCUT2D eigenvalue weighted by molar-refractivity contribution is -0.157. The number of aliphatic carboxylic acids is 1. The molecule has 3 N–H and O–H groups in total. The van der Waals surface area contributed by atoms with Crippen molar-refractivity contribution in [1.29, 1.82) is 0 Å². The van der Waals surface area contributed by atoms with Crippen LogP contribution in [0.1, 0.15) is 43.6 Å². The molecule has 2 aliphatic heterocycles. The number of β-amino-alcohol motifs (C(OH)–C–C–N with tert-alkyl or cyclic N) is 1. The first kappa shape index (κ1) is 36.6. The number of hydroxylamine groups is 2. The van der Waals surface area contributed by atoms with E-state index in [9.17, 15) is 39.0 Å². The van der Waals surface area contributed by atoms with Crippen LogP contribution in [0, 0.1) is 0 Å². The molecule has 2 aromatic rings. The first-order valence-electron chi connectivity index (χ1n) is 15.8. The lowest BCUT2D eigenvalue weighted by Gasteiger charge is -2.35. The van der Waals surface area contributed by atoms with E-state index in [1.54, 1.807) is 44.2 Å². The highest BCUT2D eigenvalue weighted by Crippen LogP contribution is 2.23. The highest BCUT2D eigenvalue weighted by atomic mass is 16.8. The fourth-order valence-corrected chi connectivity index (χ4v) is 5.33. The zero-order chi connectivity index (χ0) is 35.5. The molecule has 2 saturated heterocycles. The van der Waals surface area contributed by atoms with Crippen LogP contribution >= 0.6 is 0 Å². The standard InChI is InChI=1S/C31H40N6O12/c1-3-46-30(44)24-16-21(38)18-36(24)25(39)19-48-26-17-23(33-37(26)20-8-6-5-7-9-20)28(42)32-22(10-11-27(40)41)29(43)34-12-14-35(15-13-34)49-31(45)47-4-2/h5-9,17,21-22,24,38H,3-4,10-16,18-19H2,1-2H3,(H,32,42)(H,40,41)/t21-,22+,24+/m1/s1. The summed E-state index contributed by atoms with van der Waals surface area (Å²) in [5.41, 5.74) is 0.291. The van der Waals surface area contributed by atoms with Gasteiger partial charge in [0.15, 0.2) is 12.3 Å². The molecule has 266 valence electrons.